The summed E-state index contributed by atoms with van der Waals surface area (Å²) < 4.78 is 30.6. The molecule has 2 heterocycles. The molecule has 1 atom stereocenters. The van der Waals surface area contributed by atoms with Gasteiger partial charge in [0, 0.05) is 39.3 Å². The van der Waals surface area contributed by atoms with Crippen molar-refractivity contribution in [3.8, 4) is 0 Å². The van der Waals surface area contributed by atoms with Crippen LogP contribution in [0.15, 0.2) is 15.6 Å². The predicted molar refractivity (Wildman–Crippen MR) is 86.6 cm³/mol. The molecule has 0 saturated carbocycles. The van der Waals surface area contributed by atoms with E-state index in [4.69, 9.17) is 10.2 Å². The lowest BCUT2D eigenvalue weighted by Crippen LogP contribution is -2.42. The number of furan rings is 1. The quantitative estimate of drug-likeness (QED) is 0.881. The van der Waals surface area contributed by atoms with Crippen LogP contribution in [0.3, 0.4) is 0 Å². The van der Waals surface area contributed by atoms with Crippen LogP contribution in [0.2, 0.25) is 0 Å². The summed E-state index contributed by atoms with van der Waals surface area (Å²) in [6.45, 7) is 4.86. The lowest BCUT2D eigenvalue weighted by molar-refractivity contribution is 0.0679. The summed E-state index contributed by atoms with van der Waals surface area (Å²) in [7, 11) is -0.835. The molecule has 1 aliphatic rings. The monoisotopic (exact) mass is 343 g/mol. The number of carbonyl (C=O) groups is 1. The van der Waals surface area contributed by atoms with Crippen molar-refractivity contribution in [2.75, 3.05) is 27.2 Å². The average Bonchev–Trinajstić information content (AvgIpc) is 2.89. The van der Waals surface area contributed by atoms with Crippen molar-refractivity contribution in [1.29, 1.82) is 0 Å². The normalized spacial score (nSPS) is 18.4. The second kappa shape index (κ2) is 6.62. The first-order valence-corrected chi connectivity index (χ1v) is 9.16. The highest BCUT2D eigenvalue weighted by Crippen LogP contribution is 2.25. The molecule has 0 aromatic carbocycles. The number of hydrogen-bond acceptors (Lipinski definition) is 5. The highest BCUT2D eigenvalue weighted by molar-refractivity contribution is 7.88. The number of nitrogens with two attached hydrogens (primary N) is 1. The smallest absolute Gasteiger partial charge is 0.275 e. The Balaban J connectivity index is 2.17. The van der Waals surface area contributed by atoms with Crippen LogP contribution in [0, 0.1) is 12.8 Å². The maximum atomic E-state index is 12.6. The Kier molecular flexibility index (Phi) is 5.17. The van der Waals surface area contributed by atoms with Crippen LogP contribution in [0.5, 0.6) is 0 Å². The van der Waals surface area contributed by atoms with Crippen LogP contribution >= 0.6 is 0 Å². The van der Waals surface area contributed by atoms with E-state index in [1.165, 1.54) is 20.2 Å². The zero-order valence-corrected chi connectivity index (χ0v) is 14.9. The second-order valence-electron chi connectivity index (χ2n) is 6.31. The third kappa shape index (κ3) is 3.59. The molecule has 1 unspecified atom stereocenters. The fourth-order valence-electron chi connectivity index (χ4n) is 2.77. The van der Waals surface area contributed by atoms with E-state index in [1.54, 1.807) is 11.8 Å². The van der Waals surface area contributed by atoms with Crippen molar-refractivity contribution in [2.24, 2.45) is 11.7 Å². The number of aryl methyl sites for hydroxylation is 1. The first kappa shape index (κ1) is 18.0. The summed E-state index contributed by atoms with van der Waals surface area (Å²) in [5.41, 5.74) is 6.22. The van der Waals surface area contributed by atoms with Gasteiger partial charge in [-0.05, 0) is 32.6 Å². The molecule has 2 rings (SSSR count). The van der Waals surface area contributed by atoms with E-state index < -0.39 is 10.0 Å². The summed E-state index contributed by atoms with van der Waals surface area (Å²) in [6.07, 6.45) is 1.73. The maximum absolute atomic E-state index is 12.6. The van der Waals surface area contributed by atoms with Crippen LogP contribution in [-0.4, -0.2) is 56.8 Å². The van der Waals surface area contributed by atoms with Gasteiger partial charge in [0.25, 0.3) is 15.9 Å². The third-order valence-electron chi connectivity index (χ3n) is 4.43. The van der Waals surface area contributed by atoms with E-state index in [1.807, 2.05) is 6.92 Å². The van der Waals surface area contributed by atoms with Crippen LogP contribution in [-0.2, 0) is 10.0 Å². The zero-order chi connectivity index (χ0) is 17.4. The molecule has 2 N–H and O–H groups in total. The van der Waals surface area contributed by atoms with Crippen LogP contribution < -0.4 is 5.73 Å². The van der Waals surface area contributed by atoms with Crippen LogP contribution in [0.4, 0.5) is 0 Å². The van der Waals surface area contributed by atoms with Crippen molar-refractivity contribution in [3.05, 3.63) is 17.4 Å². The Morgan fingerprint density at radius 1 is 1.39 bits per heavy atom. The number of sulfonamides is 1. The second-order valence-corrected chi connectivity index (χ2v) is 8.39. The van der Waals surface area contributed by atoms with Gasteiger partial charge in [0.15, 0.2) is 0 Å². The SMILES string of the molecule is Cc1oc(S(=O)(=O)N(C)C)cc1C(=O)N1CCC(C(C)N)CC1. The lowest BCUT2D eigenvalue weighted by Gasteiger charge is -2.33. The van der Waals surface area contributed by atoms with Gasteiger partial charge in [0.1, 0.15) is 5.76 Å². The van der Waals surface area contributed by atoms with Crippen molar-refractivity contribution < 1.29 is 17.6 Å². The van der Waals surface area contributed by atoms with Gasteiger partial charge in [-0.1, -0.05) is 0 Å². The number of likely N-dealkylation sites (tertiary alicyclic amines) is 1. The minimum absolute atomic E-state index is 0.125. The molecule has 0 radical (unpaired) electrons. The highest BCUT2D eigenvalue weighted by Gasteiger charge is 2.30. The number of nitrogens with zero attached hydrogens (tertiary/aromatic N) is 2. The molecule has 0 spiro atoms. The molecular formula is C15H25N3O4S. The van der Waals surface area contributed by atoms with Gasteiger partial charge in [-0.2, -0.15) is 0 Å². The summed E-state index contributed by atoms with van der Waals surface area (Å²) in [5.74, 6) is 0.563. The van der Waals surface area contributed by atoms with Crippen LogP contribution in [0.25, 0.3) is 0 Å². The summed E-state index contributed by atoms with van der Waals surface area (Å²) >= 11 is 0. The Hall–Kier alpha value is -1.38. The summed E-state index contributed by atoms with van der Waals surface area (Å²) in [6, 6.07) is 1.45. The molecule has 23 heavy (non-hydrogen) atoms. The molecule has 130 valence electrons. The Bertz CT molecular complexity index is 671. The largest absolute Gasteiger partial charge is 0.448 e. The molecular weight excluding hydrogens is 318 g/mol. The van der Waals surface area contributed by atoms with Crippen molar-refractivity contribution in [3.63, 3.8) is 0 Å². The minimum Gasteiger partial charge on any atom is -0.448 e. The van der Waals surface area contributed by atoms with Crippen molar-refractivity contribution in [2.45, 2.75) is 37.8 Å². The Morgan fingerprint density at radius 2 is 1.96 bits per heavy atom. The number of rotatable bonds is 4. The topological polar surface area (TPSA) is 96.8 Å². The molecule has 1 aliphatic heterocycles. The van der Waals surface area contributed by atoms with Gasteiger partial charge in [-0.25, -0.2) is 12.7 Å². The molecule has 1 aromatic rings. The maximum Gasteiger partial charge on any atom is 0.275 e. The van der Waals surface area contributed by atoms with Gasteiger partial charge in [0.05, 0.1) is 5.56 Å². The van der Waals surface area contributed by atoms with Gasteiger partial charge in [0.2, 0.25) is 5.09 Å². The Morgan fingerprint density at radius 3 is 2.43 bits per heavy atom. The Labute approximate surface area is 137 Å². The molecule has 1 amide bonds. The number of piperidine rings is 1. The molecule has 1 saturated heterocycles. The van der Waals surface area contributed by atoms with E-state index in [9.17, 15) is 13.2 Å². The average molecular weight is 343 g/mol. The fourth-order valence-corrected chi connectivity index (χ4v) is 3.63. The minimum atomic E-state index is -3.68. The molecule has 1 aromatic heterocycles. The molecule has 0 bridgehead atoms. The van der Waals surface area contributed by atoms with E-state index >= 15 is 0 Å². The standard InChI is InChI=1S/C15H25N3O4S/c1-10(16)12-5-7-18(8-6-12)15(19)13-9-14(22-11(13)2)23(20,21)17(3)4/h9-10,12H,5-8,16H2,1-4H3. The van der Waals surface area contributed by atoms with E-state index in [2.05, 4.69) is 0 Å². The molecule has 0 aliphatic carbocycles. The predicted octanol–water partition coefficient (Wildman–Crippen LogP) is 1.04. The molecule has 1 fully saturated rings. The van der Waals surface area contributed by atoms with Crippen molar-refractivity contribution in [1.82, 2.24) is 9.21 Å². The lowest BCUT2D eigenvalue weighted by atomic mass is 9.91. The zero-order valence-electron chi connectivity index (χ0n) is 14.1. The fraction of sp³-hybridized carbons (Fsp3) is 0.667. The summed E-state index contributed by atoms with van der Waals surface area (Å²) in [5, 5.41) is -0.200. The van der Waals surface area contributed by atoms with Gasteiger partial charge in [-0.15, -0.1) is 0 Å². The molecule has 7 nitrogen and oxygen atoms in total. The van der Waals surface area contributed by atoms with Gasteiger partial charge < -0.3 is 15.1 Å². The first-order valence-electron chi connectivity index (χ1n) is 7.72. The third-order valence-corrected chi connectivity index (χ3v) is 6.10. The summed E-state index contributed by atoms with van der Waals surface area (Å²) in [4.78, 5) is 14.4. The van der Waals surface area contributed by atoms with E-state index in [0.717, 1.165) is 17.1 Å². The molecule has 8 heteroatoms. The first-order chi connectivity index (χ1) is 10.6. The van der Waals surface area contributed by atoms with Crippen LogP contribution in [0.1, 0.15) is 35.9 Å². The highest BCUT2D eigenvalue weighted by atomic mass is 32.2. The van der Waals surface area contributed by atoms with E-state index in [0.29, 0.717) is 30.3 Å². The number of hydrogen-bond donors (Lipinski definition) is 1. The van der Waals surface area contributed by atoms with Crippen molar-refractivity contribution >= 4 is 15.9 Å². The van der Waals surface area contributed by atoms with E-state index in [-0.39, 0.29) is 17.0 Å². The van der Waals surface area contributed by atoms with Gasteiger partial charge >= 0.3 is 0 Å². The number of amides is 1. The van der Waals surface area contributed by atoms with Gasteiger partial charge in [-0.3, -0.25) is 4.79 Å². The number of carbonyl (C=O) groups excluding carboxylic acids is 1.